The van der Waals surface area contributed by atoms with Crippen molar-refractivity contribution in [1.82, 2.24) is 0 Å². The van der Waals surface area contributed by atoms with E-state index < -0.39 is 0 Å². The lowest BCUT2D eigenvalue weighted by molar-refractivity contribution is 1.42. The zero-order valence-corrected chi connectivity index (χ0v) is 8.08. The molecular formula is C7H8BrClN2. The maximum absolute atomic E-state index is 7.09. The van der Waals surface area contributed by atoms with Crippen LogP contribution in [0.15, 0.2) is 28.7 Å². The minimum absolute atomic E-state index is 0. The topological polar surface area (TPSA) is 49.9 Å². The quantitative estimate of drug-likeness (QED) is 0.569. The van der Waals surface area contributed by atoms with Crippen molar-refractivity contribution in [3.63, 3.8) is 0 Å². The van der Waals surface area contributed by atoms with E-state index in [-0.39, 0.29) is 18.2 Å². The molecule has 0 radical (unpaired) electrons. The maximum Gasteiger partial charge on any atom is 0.122 e. The average molecular weight is 236 g/mol. The summed E-state index contributed by atoms with van der Waals surface area (Å²) in [6, 6.07) is 7.35. The summed E-state index contributed by atoms with van der Waals surface area (Å²) in [6.07, 6.45) is 0. The van der Waals surface area contributed by atoms with Gasteiger partial charge in [-0.15, -0.1) is 12.4 Å². The van der Waals surface area contributed by atoms with Gasteiger partial charge >= 0.3 is 0 Å². The highest BCUT2D eigenvalue weighted by atomic mass is 79.9. The molecule has 4 heteroatoms. The number of rotatable bonds is 1. The first-order valence-electron chi connectivity index (χ1n) is 2.80. The van der Waals surface area contributed by atoms with E-state index in [9.17, 15) is 0 Å². The lowest BCUT2D eigenvalue weighted by Crippen LogP contribution is -2.10. The number of nitrogen functional groups attached to an aromatic ring is 1. The smallest absolute Gasteiger partial charge is 0.122 e. The van der Waals surface area contributed by atoms with Crippen LogP contribution in [0.2, 0.25) is 0 Å². The van der Waals surface area contributed by atoms with Gasteiger partial charge in [-0.25, -0.2) is 0 Å². The molecule has 0 bridgehead atoms. The normalized spacial score (nSPS) is 8.45. The number of halogens is 2. The van der Waals surface area contributed by atoms with Gasteiger partial charge in [-0.2, -0.15) is 0 Å². The number of hydrogen-bond acceptors (Lipinski definition) is 1. The molecule has 0 saturated carbocycles. The predicted molar refractivity (Wildman–Crippen MR) is 52.4 cm³/mol. The van der Waals surface area contributed by atoms with Crippen LogP contribution in [0.1, 0.15) is 5.56 Å². The standard InChI is InChI=1S/C7H7BrN2.ClH/c8-6-3-1-2-5(4-6)7(9)10;/h1-4H,(H3,9,10);1H. The largest absolute Gasteiger partial charge is 0.384 e. The predicted octanol–water partition coefficient (Wildman–Crippen LogP) is 2.15. The van der Waals surface area contributed by atoms with Gasteiger partial charge in [0.15, 0.2) is 0 Å². The van der Waals surface area contributed by atoms with E-state index in [2.05, 4.69) is 15.9 Å². The minimum atomic E-state index is 0. The average Bonchev–Trinajstić information content (AvgIpc) is 1.88. The van der Waals surface area contributed by atoms with E-state index in [0.29, 0.717) is 0 Å². The summed E-state index contributed by atoms with van der Waals surface area (Å²) < 4.78 is 0.945. The van der Waals surface area contributed by atoms with Crippen LogP contribution in [0.4, 0.5) is 0 Å². The van der Waals surface area contributed by atoms with E-state index in [1.165, 1.54) is 0 Å². The first kappa shape index (κ1) is 10.5. The Balaban J connectivity index is 0.000001000. The summed E-state index contributed by atoms with van der Waals surface area (Å²) in [5.74, 6) is 0.0984. The molecule has 0 unspecified atom stereocenters. The molecule has 1 rings (SSSR count). The Morgan fingerprint density at radius 1 is 1.45 bits per heavy atom. The van der Waals surface area contributed by atoms with Crippen molar-refractivity contribution in [1.29, 1.82) is 5.41 Å². The molecule has 2 nitrogen and oxygen atoms in total. The van der Waals surface area contributed by atoms with Crippen molar-refractivity contribution in [2.45, 2.75) is 0 Å². The lowest BCUT2D eigenvalue weighted by atomic mass is 10.2. The summed E-state index contributed by atoms with van der Waals surface area (Å²) in [5.41, 5.74) is 5.99. The zero-order valence-electron chi connectivity index (χ0n) is 5.67. The maximum atomic E-state index is 7.09. The van der Waals surface area contributed by atoms with E-state index in [1.807, 2.05) is 18.2 Å². The molecule has 1 aromatic carbocycles. The van der Waals surface area contributed by atoms with Crippen LogP contribution >= 0.6 is 28.3 Å². The van der Waals surface area contributed by atoms with Gasteiger partial charge in [-0.1, -0.05) is 28.1 Å². The van der Waals surface area contributed by atoms with Crippen LogP contribution in [0, 0.1) is 5.41 Å². The van der Waals surface area contributed by atoms with Gasteiger partial charge in [0.2, 0.25) is 0 Å². The van der Waals surface area contributed by atoms with Gasteiger partial charge < -0.3 is 5.73 Å². The molecule has 0 amide bonds. The number of nitrogens with one attached hydrogen (secondary N) is 1. The second-order valence-electron chi connectivity index (χ2n) is 1.92. The molecule has 3 N–H and O–H groups in total. The summed E-state index contributed by atoms with van der Waals surface area (Å²) in [4.78, 5) is 0. The summed E-state index contributed by atoms with van der Waals surface area (Å²) >= 11 is 3.28. The molecule has 1 aromatic rings. The third kappa shape index (κ3) is 2.91. The third-order valence-corrected chi connectivity index (χ3v) is 1.63. The second kappa shape index (κ2) is 4.36. The van der Waals surface area contributed by atoms with Crippen molar-refractivity contribution < 1.29 is 0 Å². The van der Waals surface area contributed by atoms with Crippen molar-refractivity contribution in [3.05, 3.63) is 34.3 Å². The Bertz CT molecular complexity index is 262. The molecule has 11 heavy (non-hydrogen) atoms. The van der Waals surface area contributed by atoms with Crippen LogP contribution < -0.4 is 5.73 Å². The van der Waals surface area contributed by atoms with E-state index in [0.717, 1.165) is 10.0 Å². The molecule has 60 valence electrons. The number of hydrogen-bond donors (Lipinski definition) is 2. The van der Waals surface area contributed by atoms with Crippen LogP contribution in [-0.2, 0) is 0 Å². The zero-order chi connectivity index (χ0) is 7.56. The number of benzene rings is 1. The van der Waals surface area contributed by atoms with Crippen molar-refractivity contribution >= 4 is 34.2 Å². The van der Waals surface area contributed by atoms with Crippen LogP contribution in [0.25, 0.3) is 0 Å². The van der Waals surface area contributed by atoms with Crippen molar-refractivity contribution in [3.8, 4) is 0 Å². The van der Waals surface area contributed by atoms with Crippen molar-refractivity contribution in [2.24, 2.45) is 5.73 Å². The van der Waals surface area contributed by atoms with Gasteiger partial charge in [0.05, 0.1) is 0 Å². The molecule has 0 aliphatic carbocycles. The molecule has 0 spiro atoms. The molecule has 0 heterocycles. The van der Waals surface area contributed by atoms with Crippen LogP contribution in [0.3, 0.4) is 0 Å². The second-order valence-corrected chi connectivity index (χ2v) is 2.84. The highest BCUT2D eigenvalue weighted by Gasteiger charge is 1.94. The Hall–Kier alpha value is -0.540. The van der Waals surface area contributed by atoms with E-state index >= 15 is 0 Å². The first-order chi connectivity index (χ1) is 4.70. The molecule has 0 aromatic heterocycles. The van der Waals surface area contributed by atoms with E-state index in [1.54, 1.807) is 6.07 Å². The third-order valence-electron chi connectivity index (χ3n) is 1.14. The Morgan fingerprint density at radius 3 is 2.45 bits per heavy atom. The van der Waals surface area contributed by atoms with Gasteiger partial charge in [-0.3, -0.25) is 5.41 Å². The molecule has 0 saturated heterocycles. The molecule has 0 aliphatic rings. The summed E-state index contributed by atoms with van der Waals surface area (Å²) in [7, 11) is 0. The highest BCUT2D eigenvalue weighted by molar-refractivity contribution is 9.10. The summed E-state index contributed by atoms with van der Waals surface area (Å²) in [6.45, 7) is 0. The van der Waals surface area contributed by atoms with Gasteiger partial charge in [0, 0.05) is 10.0 Å². The fourth-order valence-electron chi connectivity index (χ4n) is 0.656. The number of nitrogens with two attached hydrogens (primary N) is 1. The van der Waals surface area contributed by atoms with Gasteiger partial charge in [-0.05, 0) is 12.1 Å². The fraction of sp³-hybridized carbons (Fsp3) is 0. The van der Waals surface area contributed by atoms with Crippen molar-refractivity contribution in [2.75, 3.05) is 0 Å². The molecule has 0 atom stereocenters. The fourth-order valence-corrected chi connectivity index (χ4v) is 1.06. The van der Waals surface area contributed by atoms with Gasteiger partial charge in [0.1, 0.15) is 5.84 Å². The molecular weight excluding hydrogens is 227 g/mol. The van der Waals surface area contributed by atoms with Crippen LogP contribution in [0.5, 0.6) is 0 Å². The first-order valence-corrected chi connectivity index (χ1v) is 3.59. The SMILES string of the molecule is Cl.N=C(N)c1cccc(Br)c1. The monoisotopic (exact) mass is 234 g/mol. The Morgan fingerprint density at radius 2 is 2.09 bits per heavy atom. The highest BCUT2D eigenvalue weighted by Crippen LogP contribution is 2.10. The number of amidine groups is 1. The minimum Gasteiger partial charge on any atom is -0.384 e. The van der Waals surface area contributed by atoms with E-state index in [4.69, 9.17) is 11.1 Å². The Labute approximate surface area is 79.8 Å². The summed E-state index contributed by atoms with van der Waals surface area (Å²) in [5, 5.41) is 7.09. The van der Waals surface area contributed by atoms with Gasteiger partial charge in [0.25, 0.3) is 0 Å². The Kier molecular flexibility index (Phi) is 4.15. The molecule has 0 fully saturated rings. The molecule has 0 aliphatic heterocycles. The lowest BCUT2D eigenvalue weighted by Gasteiger charge is -1.96. The van der Waals surface area contributed by atoms with Crippen LogP contribution in [-0.4, -0.2) is 5.84 Å².